The fraction of sp³-hybridized carbons (Fsp3) is 0.527. The molecule has 1 amide bonds. The van der Waals surface area contributed by atoms with Gasteiger partial charge in [-0.25, -0.2) is 13.1 Å². The molecule has 5 fully saturated rings. The molecule has 1 spiro atoms. The van der Waals surface area contributed by atoms with Crippen molar-refractivity contribution in [2.75, 3.05) is 62.7 Å². The Morgan fingerprint density at radius 2 is 1.75 bits per heavy atom. The number of H-pyrrole nitrogens is 1. The van der Waals surface area contributed by atoms with Gasteiger partial charge in [0.1, 0.15) is 24.6 Å². The van der Waals surface area contributed by atoms with Crippen LogP contribution in [0.4, 0.5) is 17.1 Å². The number of fused-ring (bicyclic) bond motifs is 2. The lowest BCUT2D eigenvalue weighted by Crippen LogP contribution is -2.54. The van der Waals surface area contributed by atoms with Crippen molar-refractivity contribution in [2.45, 2.75) is 126 Å². The molecule has 17 nitrogen and oxygen atoms in total. The van der Waals surface area contributed by atoms with E-state index in [1.165, 1.54) is 42.9 Å². The maximum absolute atomic E-state index is 14.4. The first kappa shape index (κ1) is 49.3. The van der Waals surface area contributed by atoms with Crippen molar-refractivity contribution in [3.8, 4) is 23.1 Å². The van der Waals surface area contributed by atoms with Crippen molar-refractivity contribution in [2.24, 2.45) is 11.3 Å². The minimum atomic E-state index is -4.71. The zero-order valence-electron chi connectivity index (χ0n) is 42.1. The molecule has 5 aromatic rings. The monoisotopic (exact) mass is 1020 g/mol. The molecule has 2 aromatic heterocycles. The van der Waals surface area contributed by atoms with Gasteiger partial charge in [0.05, 0.1) is 27.0 Å². The summed E-state index contributed by atoms with van der Waals surface area (Å²) in [6.45, 7) is 12.4. The van der Waals surface area contributed by atoms with Crippen LogP contribution in [0.1, 0.15) is 125 Å². The number of carbonyl (C=O) groups excluding carboxylic acids is 1. The van der Waals surface area contributed by atoms with Crippen molar-refractivity contribution >= 4 is 44.0 Å². The third-order valence-electron chi connectivity index (χ3n) is 17.0. The second-order valence-electron chi connectivity index (χ2n) is 22.2. The van der Waals surface area contributed by atoms with Crippen molar-refractivity contribution in [3.05, 3.63) is 99.7 Å². The van der Waals surface area contributed by atoms with Gasteiger partial charge in [-0.15, -0.1) is 0 Å². The number of rotatable bonds is 15. The second kappa shape index (κ2) is 19.7. The van der Waals surface area contributed by atoms with Gasteiger partial charge in [-0.1, -0.05) is 38.1 Å². The average molecular weight is 1020 g/mol. The number of pyridine rings is 1. The Kier molecular flexibility index (Phi) is 13.3. The lowest BCUT2D eigenvalue weighted by atomic mass is 9.59. The van der Waals surface area contributed by atoms with Crippen molar-refractivity contribution in [1.29, 1.82) is 0 Å². The molecule has 11 rings (SSSR count). The summed E-state index contributed by atoms with van der Waals surface area (Å²) in [6, 6.07) is 20.7. The smallest absolute Gasteiger partial charge is 0.297 e. The van der Waals surface area contributed by atoms with Crippen LogP contribution >= 0.6 is 0 Å². The van der Waals surface area contributed by atoms with Crippen LogP contribution in [0.15, 0.2) is 77.8 Å². The Morgan fingerprint density at radius 3 is 2.49 bits per heavy atom. The van der Waals surface area contributed by atoms with E-state index >= 15 is 0 Å². The van der Waals surface area contributed by atoms with Gasteiger partial charge < -0.3 is 34.5 Å². The number of aromatic nitrogens is 2. The van der Waals surface area contributed by atoms with Crippen molar-refractivity contribution < 1.29 is 37.5 Å². The standard InChI is InChI=1S/C55H68N8O9S/c1-35(2)41-8-4-5-9-42(41)45-10-6-23-62(45)39-32-55(33-39)18-24-61(25-19-55)38-11-12-43(47(29-38)72-49-28-37-15-20-56-51(37)58-53(49)70-27-26-60-21-7-22-60)52(64)59-73(68,69)40-30-46(63(66)67)50-48(31-40)71-34-44(57-50)36-13-16-54(3,65)17-14-36/h4-5,8-9,11-12,15,20,28-31,35-36,39,44-45,57,65H,6-7,10,13-14,16-19,21-27,32-34H2,1-3H3,(H,56,58)(H,59,64)/t36-,44-,45-,54-/m1/s1. The Morgan fingerprint density at radius 1 is 0.973 bits per heavy atom. The highest BCUT2D eigenvalue weighted by Gasteiger charge is 2.50. The first-order valence-corrected chi connectivity index (χ1v) is 27.9. The summed E-state index contributed by atoms with van der Waals surface area (Å²) in [5.41, 5.74) is 3.41. The van der Waals surface area contributed by atoms with E-state index in [9.17, 15) is 28.4 Å². The summed E-state index contributed by atoms with van der Waals surface area (Å²) in [5.74, 6) is 0.165. The summed E-state index contributed by atoms with van der Waals surface area (Å²) < 4.78 is 49.5. The maximum atomic E-state index is 14.4. The topological polar surface area (TPSA) is 205 Å². The second-order valence-corrected chi connectivity index (χ2v) is 23.8. The minimum absolute atomic E-state index is 0.00266. The molecule has 0 bridgehead atoms. The van der Waals surface area contributed by atoms with Crippen LogP contribution in [0.2, 0.25) is 0 Å². The van der Waals surface area contributed by atoms with Gasteiger partial charge in [0.25, 0.3) is 27.5 Å². The normalized spacial score (nSPS) is 24.3. The molecule has 18 heteroatoms. The van der Waals surface area contributed by atoms with E-state index < -0.39 is 37.0 Å². The molecular weight excluding hydrogens is 949 g/mol. The molecule has 2 saturated carbocycles. The van der Waals surface area contributed by atoms with Gasteiger partial charge in [0.15, 0.2) is 17.2 Å². The predicted molar refractivity (Wildman–Crippen MR) is 279 cm³/mol. The van der Waals surface area contributed by atoms with Crippen LogP contribution in [0, 0.1) is 21.4 Å². The summed E-state index contributed by atoms with van der Waals surface area (Å²) in [7, 11) is -4.71. The molecule has 2 aliphatic carbocycles. The lowest BCUT2D eigenvalue weighted by molar-refractivity contribution is -0.384. The molecule has 6 aliphatic rings. The first-order valence-electron chi connectivity index (χ1n) is 26.4. The van der Waals surface area contributed by atoms with Gasteiger partial charge >= 0.3 is 0 Å². The fourth-order valence-electron chi connectivity index (χ4n) is 12.5. The predicted octanol–water partition coefficient (Wildman–Crippen LogP) is 9.29. The van der Waals surface area contributed by atoms with E-state index in [1.54, 1.807) is 24.4 Å². The van der Waals surface area contributed by atoms with E-state index in [4.69, 9.17) is 19.2 Å². The van der Waals surface area contributed by atoms with E-state index in [0.29, 0.717) is 62.5 Å². The number of likely N-dealkylation sites (tertiary alicyclic amines) is 2. The van der Waals surface area contributed by atoms with Gasteiger partial charge in [0, 0.05) is 67.2 Å². The molecule has 3 saturated heterocycles. The van der Waals surface area contributed by atoms with E-state index in [1.807, 2.05) is 19.1 Å². The number of aromatic amines is 1. The molecule has 73 heavy (non-hydrogen) atoms. The quantitative estimate of drug-likeness (QED) is 0.0570. The van der Waals surface area contributed by atoms with E-state index in [0.717, 1.165) is 69.1 Å². The molecule has 2 atom stereocenters. The number of ether oxygens (including phenoxy) is 3. The zero-order chi connectivity index (χ0) is 50.6. The number of piperidine rings is 1. The largest absolute Gasteiger partial charge is 0.489 e. The number of carbonyl (C=O) groups is 1. The maximum Gasteiger partial charge on any atom is 0.297 e. The summed E-state index contributed by atoms with van der Waals surface area (Å²) in [6.07, 6.45) is 12.4. The molecule has 4 N–H and O–H groups in total. The number of nitro groups is 1. The molecule has 6 heterocycles. The number of nitrogens with one attached hydrogen (secondary N) is 3. The van der Waals surface area contributed by atoms with Gasteiger partial charge in [-0.05, 0) is 150 Å². The average Bonchev–Trinajstić information content (AvgIpc) is 4.03. The third-order valence-corrected chi connectivity index (χ3v) is 18.3. The molecular formula is C55H68N8O9S. The van der Waals surface area contributed by atoms with Crippen LogP contribution in [0.5, 0.6) is 23.1 Å². The Balaban J connectivity index is 0.837. The molecule has 4 aliphatic heterocycles. The molecule has 388 valence electrons. The van der Waals surface area contributed by atoms with Crippen LogP contribution in [-0.4, -0.2) is 114 Å². The lowest BCUT2D eigenvalue weighted by Gasteiger charge is -2.56. The van der Waals surface area contributed by atoms with Crippen molar-refractivity contribution in [1.82, 2.24) is 24.5 Å². The van der Waals surface area contributed by atoms with Crippen LogP contribution in [-0.2, 0) is 10.0 Å². The molecule has 0 unspecified atom stereocenters. The van der Waals surface area contributed by atoms with Gasteiger partial charge in [-0.2, -0.15) is 4.98 Å². The third kappa shape index (κ3) is 10.1. The highest BCUT2D eigenvalue weighted by atomic mass is 32.2. The molecule has 3 aromatic carbocycles. The Labute approximate surface area is 427 Å². The fourth-order valence-corrected chi connectivity index (χ4v) is 13.5. The number of hydrogen-bond donors (Lipinski definition) is 4. The van der Waals surface area contributed by atoms with Crippen LogP contribution < -0.4 is 29.1 Å². The highest BCUT2D eigenvalue weighted by Crippen LogP contribution is 2.54. The number of sulfonamides is 1. The summed E-state index contributed by atoms with van der Waals surface area (Å²) >= 11 is 0. The summed E-state index contributed by atoms with van der Waals surface area (Å²) in [5, 5.41) is 27.0. The SMILES string of the molecule is CC(C)c1ccccc1[C@H]1CCCN1C1CC2(CCN(c3ccc(C(=O)NS(=O)(=O)c4cc5c(c([N+](=O)[O-])c4)N[C@@H]([C@H]4CC[C@](C)(O)CC4)CO5)c(Oc4cc5cc[nH]c5nc4OCCN4CCC4)c3)CC2)C1. The van der Waals surface area contributed by atoms with Crippen LogP contribution in [0.3, 0.4) is 0 Å². The van der Waals surface area contributed by atoms with Gasteiger partial charge in [-0.3, -0.25) is 24.7 Å². The number of hydrogen-bond acceptors (Lipinski definition) is 14. The zero-order valence-corrected chi connectivity index (χ0v) is 42.9. The van der Waals surface area contributed by atoms with Crippen LogP contribution in [0.25, 0.3) is 11.0 Å². The first-order chi connectivity index (χ1) is 35.1. The number of aliphatic hydroxyl groups is 1. The number of nitrogens with zero attached hydrogens (tertiary/aromatic N) is 5. The van der Waals surface area contributed by atoms with Gasteiger partial charge in [0.2, 0.25) is 0 Å². The summed E-state index contributed by atoms with van der Waals surface area (Å²) in [4.78, 5) is 41.1. The van der Waals surface area contributed by atoms with E-state index in [2.05, 4.69) is 67.8 Å². The number of anilines is 2. The minimum Gasteiger partial charge on any atom is -0.489 e. The van der Waals surface area contributed by atoms with Crippen molar-refractivity contribution in [3.63, 3.8) is 0 Å². The highest BCUT2D eigenvalue weighted by molar-refractivity contribution is 7.90. The van der Waals surface area contributed by atoms with E-state index in [-0.39, 0.29) is 58.4 Å². The number of nitro benzene ring substituents is 1. The Bertz CT molecular complexity index is 2990. The Hall–Kier alpha value is -5.95. The number of amides is 1. The number of benzene rings is 3. The molecule has 0 radical (unpaired) electrons.